The number of rotatable bonds is 3. The van der Waals surface area contributed by atoms with Crippen LogP contribution >= 0.6 is 0 Å². The van der Waals surface area contributed by atoms with E-state index >= 15 is 0 Å². The molecule has 0 saturated heterocycles. The fourth-order valence-electron chi connectivity index (χ4n) is 2.97. The van der Waals surface area contributed by atoms with E-state index in [-0.39, 0.29) is 13.6 Å². The van der Waals surface area contributed by atoms with Crippen LogP contribution < -0.4 is 29.9 Å². The second kappa shape index (κ2) is 5.34. The molecule has 5 rings (SSSR count). The van der Waals surface area contributed by atoms with E-state index in [1.807, 2.05) is 24.3 Å². The van der Waals surface area contributed by atoms with Gasteiger partial charge in [0, 0.05) is 35.8 Å². The maximum absolute atomic E-state index is 11.9. The zero-order chi connectivity index (χ0) is 16.8. The fourth-order valence-corrected chi connectivity index (χ4v) is 2.97. The molecule has 7 heteroatoms. The van der Waals surface area contributed by atoms with Crippen LogP contribution in [-0.4, -0.2) is 13.6 Å². The summed E-state index contributed by atoms with van der Waals surface area (Å²) in [7, 11) is 0. The molecule has 0 unspecified atom stereocenters. The lowest BCUT2D eigenvalue weighted by atomic mass is 10.1. The number of anilines is 1. The van der Waals surface area contributed by atoms with E-state index in [4.69, 9.17) is 23.4 Å². The quantitative estimate of drug-likeness (QED) is 0.735. The summed E-state index contributed by atoms with van der Waals surface area (Å²) < 4.78 is 26.7. The molecule has 3 aromatic rings. The summed E-state index contributed by atoms with van der Waals surface area (Å²) in [5.41, 5.74) is 1.74. The summed E-state index contributed by atoms with van der Waals surface area (Å²) in [4.78, 5) is 11.9. The third-order valence-electron chi connectivity index (χ3n) is 4.18. The topological polar surface area (TPSA) is 79.2 Å². The molecule has 0 radical (unpaired) electrons. The predicted octanol–water partition coefficient (Wildman–Crippen LogP) is 2.86. The zero-order valence-corrected chi connectivity index (χ0v) is 13.0. The van der Waals surface area contributed by atoms with Gasteiger partial charge in [-0.25, -0.2) is 4.79 Å². The molecule has 0 bridgehead atoms. The number of hydrogen-bond acceptors (Lipinski definition) is 7. The molecule has 0 amide bonds. The van der Waals surface area contributed by atoms with Gasteiger partial charge in [-0.2, -0.15) is 0 Å². The minimum atomic E-state index is -0.408. The standard InChI is InChI=1S/C18H13NO6/c20-18-3-10(7-19-11-1-2-13-15(4-11)22-8-21-13)12-5-16-17(24-9-23-16)6-14(12)25-18/h1-6,19H,7-9H2. The number of fused-ring (bicyclic) bond motifs is 3. The van der Waals surface area contributed by atoms with E-state index in [1.54, 1.807) is 6.07 Å². The third kappa shape index (κ3) is 2.40. The summed E-state index contributed by atoms with van der Waals surface area (Å²) in [6, 6.07) is 10.6. The van der Waals surface area contributed by atoms with E-state index in [1.165, 1.54) is 6.07 Å². The van der Waals surface area contributed by atoms with E-state index in [0.717, 1.165) is 22.4 Å². The Labute approximate surface area is 141 Å². The van der Waals surface area contributed by atoms with Crippen molar-refractivity contribution < 1.29 is 23.4 Å². The molecule has 0 aliphatic carbocycles. The van der Waals surface area contributed by atoms with Crippen molar-refractivity contribution in [3.63, 3.8) is 0 Å². The first-order chi connectivity index (χ1) is 12.3. The minimum Gasteiger partial charge on any atom is -0.454 e. The van der Waals surface area contributed by atoms with Gasteiger partial charge in [0.15, 0.2) is 23.0 Å². The maximum atomic E-state index is 11.9. The van der Waals surface area contributed by atoms with Crippen molar-refractivity contribution in [1.29, 1.82) is 0 Å². The normalized spacial score (nSPS) is 14.1. The van der Waals surface area contributed by atoms with Gasteiger partial charge >= 0.3 is 5.63 Å². The Morgan fingerprint density at radius 3 is 2.40 bits per heavy atom. The van der Waals surface area contributed by atoms with Crippen LogP contribution in [0.5, 0.6) is 23.0 Å². The molecule has 0 saturated carbocycles. The lowest BCUT2D eigenvalue weighted by Gasteiger charge is -2.10. The van der Waals surface area contributed by atoms with Crippen LogP contribution in [0.15, 0.2) is 45.6 Å². The summed E-state index contributed by atoms with van der Waals surface area (Å²) in [6.45, 7) is 0.846. The van der Waals surface area contributed by atoms with Gasteiger partial charge in [0.1, 0.15) is 5.58 Å². The molecule has 2 aliphatic heterocycles. The van der Waals surface area contributed by atoms with Gasteiger partial charge in [-0.1, -0.05) is 0 Å². The Hall–Kier alpha value is -3.35. The van der Waals surface area contributed by atoms with Crippen molar-refractivity contribution in [2.75, 3.05) is 18.9 Å². The highest BCUT2D eigenvalue weighted by molar-refractivity contribution is 5.84. The number of benzene rings is 2. The second-order valence-corrected chi connectivity index (χ2v) is 5.71. The van der Waals surface area contributed by atoms with Crippen molar-refractivity contribution in [3.8, 4) is 23.0 Å². The molecular weight excluding hydrogens is 326 g/mol. The Balaban J connectivity index is 1.49. The average Bonchev–Trinajstić information content (AvgIpc) is 3.25. The number of nitrogens with one attached hydrogen (secondary N) is 1. The zero-order valence-electron chi connectivity index (χ0n) is 13.0. The van der Waals surface area contributed by atoms with Gasteiger partial charge in [-0.3, -0.25) is 0 Å². The summed E-state index contributed by atoms with van der Waals surface area (Å²) in [5, 5.41) is 4.09. The first-order valence-corrected chi connectivity index (χ1v) is 7.76. The van der Waals surface area contributed by atoms with E-state index in [0.29, 0.717) is 29.4 Å². The average molecular weight is 339 g/mol. The van der Waals surface area contributed by atoms with Crippen molar-refractivity contribution >= 4 is 16.7 Å². The van der Waals surface area contributed by atoms with Crippen LogP contribution in [0.1, 0.15) is 5.56 Å². The van der Waals surface area contributed by atoms with E-state index in [2.05, 4.69) is 5.32 Å². The molecule has 0 fully saturated rings. The van der Waals surface area contributed by atoms with E-state index < -0.39 is 5.63 Å². The monoisotopic (exact) mass is 339 g/mol. The number of ether oxygens (including phenoxy) is 4. The Morgan fingerprint density at radius 1 is 0.840 bits per heavy atom. The molecular formula is C18H13NO6. The molecule has 2 aliphatic rings. The van der Waals surface area contributed by atoms with Crippen LogP contribution in [0.4, 0.5) is 5.69 Å². The summed E-state index contributed by atoms with van der Waals surface area (Å²) in [6.07, 6.45) is 0. The van der Waals surface area contributed by atoms with Crippen LogP contribution in [0, 0.1) is 0 Å². The Bertz CT molecular complexity index is 1040. The predicted molar refractivity (Wildman–Crippen MR) is 88.5 cm³/mol. The molecule has 7 nitrogen and oxygen atoms in total. The number of hydrogen-bond donors (Lipinski definition) is 1. The largest absolute Gasteiger partial charge is 0.454 e. The first kappa shape index (κ1) is 14.0. The molecule has 3 heterocycles. The molecule has 0 atom stereocenters. The molecule has 0 spiro atoms. The van der Waals surface area contributed by atoms with Crippen LogP contribution in [0.3, 0.4) is 0 Å². The molecule has 1 aromatic heterocycles. The van der Waals surface area contributed by atoms with Gasteiger partial charge in [0.25, 0.3) is 0 Å². The third-order valence-corrected chi connectivity index (χ3v) is 4.18. The smallest absolute Gasteiger partial charge is 0.336 e. The van der Waals surface area contributed by atoms with E-state index in [9.17, 15) is 4.79 Å². The fraction of sp³-hybridized carbons (Fsp3) is 0.167. The van der Waals surface area contributed by atoms with Crippen LogP contribution in [0.2, 0.25) is 0 Å². The van der Waals surface area contributed by atoms with Crippen molar-refractivity contribution in [2.45, 2.75) is 6.54 Å². The molecule has 1 N–H and O–H groups in total. The van der Waals surface area contributed by atoms with Gasteiger partial charge < -0.3 is 28.7 Å². The Kier molecular flexibility index (Phi) is 3.00. The molecule has 2 aromatic carbocycles. The van der Waals surface area contributed by atoms with Crippen molar-refractivity contribution in [1.82, 2.24) is 0 Å². The minimum absolute atomic E-state index is 0.167. The SMILES string of the molecule is O=c1cc(CNc2ccc3c(c2)OCO3)c2cc3c(cc2o1)OCO3. The lowest BCUT2D eigenvalue weighted by Crippen LogP contribution is -2.05. The first-order valence-electron chi connectivity index (χ1n) is 7.76. The molecule has 126 valence electrons. The Morgan fingerprint density at radius 2 is 1.56 bits per heavy atom. The second-order valence-electron chi connectivity index (χ2n) is 5.71. The highest BCUT2D eigenvalue weighted by Gasteiger charge is 2.18. The van der Waals surface area contributed by atoms with Gasteiger partial charge in [0.2, 0.25) is 13.6 Å². The van der Waals surface area contributed by atoms with Gasteiger partial charge in [-0.15, -0.1) is 0 Å². The highest BCUT2D eigenvalue weighted by Crippen LogP contribution is 2.37. The van der Waals surface area contributed by atoms with Crippen molar-refractivity contribution in [3.05, 3.63) is 52.4 Å². The lowest BCUT2D eigenvalue weighted by molar-refractivity contribution is 0.173. The summed E-state index contributed by atoms with van der Waals surface area (Å²) in [5.74, 6) is 2.65. The van der Waals surface area contributed by atoms with Crippen LogP contribution in [-0.2, 0) is 6.54 Å². The van der Waals surface area contributed by atoms with Gasteiger partial charge in [-0.05, 0) is 23.8 Å². The van der Waals surface area contributed by atoms with Crippen LogP contribution in [0.25, 0.3) is 11.0 Å². The maximum Gasteiger partial charge on any atom is 0.336 e. The van der Waals surface area contributed by atoms with Crippen molar-refractivity contribution in [2.24, 2.45) is 0 Å². The molecule has 25 heavy (non-hydrogen) atoms. The highest BCUT2D eigenvalue weighted by atomic mass is 16.7. The van der Waals surface area contributed by atoms with Gasteiger partial charge in [0.05, 0.1) is 0 Å². The summed E-state index contributed by atoms with van der Waals surface area (Å²) >= 11 is 0.